The molecule has 0 saturated carbocycles. The molecule has 2 aromatic rings. The maximum atomic E-state index is 12.0. The monoisotopic (exact) mass is 322 g/mol. The Labute approximate surface area is 131 Å². The predicted octanol–water partition coefficient (Wildman–Crippen LogP) is -0.283. The Bertz CT molecular complexity index is 813. The first kappa shape index (κ1) is 14.6. The summed E-state index contributed by atoms with van der Waals surface area (Å²) in [4.78, 5) is 18.6. The van der Waals surface area contributed by atoms with Crippen LogP contribution in [0.25, 0.3) is 11.0 Å². The molecule has 4 heterocycles. The van der Waals surface area contributed by atoms with Crippen LogP contribution < -0.4 is 11.3 Å². The number of aliphatic hydroxyl groups excluding tert-OH is 1. The van der Waals surface area contributed by atoms with Crippen molar-refractivity contribution >= 4 is 17.0 Å². The molecule has 4 atom stereocenters. The Morgan fingerprint density at radius 1 is 1.43 bits per heavy atom. The topological polar surface area (TPSA) is 125 Å². The van der Waals surface area contributed by atoms with E-state index in [1.54, 1.807) is 16.8 Å². The van der Waals surface area contributed by atoms with Crippen LogP contribution in [0.1, 0.15) is 20.1 Å². The first-order chi connectivity index (χ1) is 10.9. The Morgan fingerprint density at radius 2 is 2.17 bits per heavy atom. The molecule has 23 heavy (non-hydrogen) atoms. The van der Waals surface area contributed by atoms with E-state index in [4.69, 9.17) is 19.9 Å². The average Bonchev–Trinajstić information content (AvgIpc) is 3.09. The lowest BCUT2D eigenvalue weighted by Crippen LogP contribution is -2.31. The summed E-state index contributed by atoms with van der Waals surface area (Å²) in [5.74, 6) is -0.739. The van der Waals surface area contributed by atoms with Crippen molar-refractivity contribution in [3.8, 4) is 0 Å². The smallest absolute Gasteiger partial charge is 0.261 e. The van der Waals surface area contributed by atoms with Crippen LogP contribution in [0.3, 0.4) is 0 Å². The van der Waals surface area contributed by atoms with Crippen molar-refractivity contribution in [3.05, 3.63) is 22.6 Å². The number of aliphatic hydroxyl groups is 1. The molecule has 2 fully saturated rings. The Balaban J connectivity index is 1.80. The quantitative estimate of drug-likeness (QED) is 0.694. The van der Waals surface area contributed by atoms with E-state index in [9.17, 15) is 9.90 Å². The van der Waals surface area contributed by atoms with Gasteiger partial charge >= 0.3 is 0 Å². The number of aromatic nitrogens is 3. The van der Waals surface area contributed by atoms with Gasteiger partial charge in [0, 0.05) is 6.20 Å². The third-order valence-electron chi connectivity index (χ3n) is 4.18. The third kappa shape index (κ3) is 2.16. The van der Waals surface area contributed by atoms with Crippen LogP contribution >= 0.6 is 0 Å². The van der Waals surface area contributed by atoms with Crippen LogP contribution in [0.5, 0.6) is 0 Å². The van der Waals surface area contributed by atoms with Crippen LogP contribution in [-0.4, -0.2) is 50.3 Å². The number of aromatic amines is 1. The maximum absolute atomic E-state index is 12.0. The van der Waals surface area contributed by atoms with E-state index in [0.717, 1.165) is 0 Å². The maximum Gasteiger partial charge on any atom is 0.261 e. The van der Waals surface area contributed by atoms with Gasteiger partial charge in [-0.25, -0.2) is 0 Å². The van der Waals surface area contributed by atoms with Gasteiger partial charge in [0.2, 0.25) is 5.95 Å². The molecule has 4 rings (SSSR count). The van der Waals surface area contributed by atoms with Gasteiger partial charge in [0.15, 0.2) is 17.7 Å². The number of rotatable bonds is 2. The number of hydrogen-bond donors (Lipinski definition) is 3. The van der Waals surface area contributed by atoms with Gasteiger partial charge in [0.25, 0.3) is 5.56 Å². The number of hydrogen-bond acceptors (Lipinski definition) is 7. The second-order valence-corrected chi connectivity index (χ2v) is 6.22. The van der Waals surface area contributed by atoms with Crippen molar-refractivity contribution in [1.29, 1.82) is 0 Å². The van der Waals surface area contributed by atoms with E-state index < -0.39 is 30.3 Å². The van der Waals surface area contributed by atoms with E-state index in [1.165, 1.54) is 0 Å². The zero-order valence-corrected chi connectivity index (χ0v) is 12.7. The molecule has 0 unspecified atom stereocenters. The van der Waals surface area contributed by atoms with Crippen LogP contribution in [0, 0.1) is 0 Å². The van der Waals surface area contributed by atoms with E-state index in [1.807, 2.05) is 13.8 Å². The van der Waals surface area contributed by atoms with E-state index in [-0.39, 0.29) is 18.1 Å². The SMILES string of the molecule is CC1(C)O[C@@H]2[C@H](O1)[C@@H](CO)O[C@H]2n1ccc2c(=O)[nH]c(N)nc21. The average molecular weight is 322 g/mol. The molecule has 2 aliphatic rings. The molecule has 2 aromatic heterocycles. The first-order valence-corrected chi connectivity index (χ1v) is 7.38. The van der Waals surface area contributed by atoms with Gasteiger partial charge in [-0.2, -0.15) is 4.98 Å². The molecule has 0 aromatic carbocycles. The molecule has 0 amide bonds. The molecule has 2 saturated heterocycles. The molecule has 0 spiro atoms. The fraction of sp³-hybridized carbons (Fsp3) is 0.571. The van der Waals surface area contributed by atoms with Crippen molar-refractivity contribution in [3.63, 3.8) is 0 Å². The van der Waals surface area contributed by atoms with Crippen molar-refractivity contribution < 1.29 is 19.3 Å². The Morgan fingerprint density at radius 3 is 2.91 bits per heavy atom. The van der Waals surface area contributed by atoms with E-state index in [0.29, 0.717) is 11.0 Å². The lowest BCUT2D eigenvalue weighted by molar-refractivity contribution is -0.199. The largest absolute Gasteiger partial charge is 0.394 e. The minimum Gasteiger partial charge on any atom is -0.394 e. The summed E-state index contributed by atoms with van der Waals surface area (Å²) < 4.78 is 19.3. The fourth-order valence-electron chi connectivity index (χ4n) is 3.30. The molecule has 4 N–H and O–H groups in total. The lowest BCUT2D eigenvalue weighted by atomic mass is 10.1. The van der Waals surface area contributed by atoms with Crippen molar-refractivity contribution in [2.45, 2.75) is 44.2 Å². The highest BCUT2D eigenvalue weighted by Crippen LogP contribution is 2.43. The Hall–Kier alpha value is -1.94. The molecule has 0 radical (unpaired) electrons. The van der Waals surface area contributed by atoms with Crippen molar-refractivity contribution in [1.82, 2.24) is 14.5 Å². The van der Waals surface area contributed by atoms with Gasteiger partial charge < -0.3 is 29.6 Å². The molecule has 0 bridgehead atoms. The highest BCUT2D eigenvalue weighted by atomic mass is 16.8. The lowest BCUT2D eigenvalue weighted by Gasteiger charge is -2.24. The molecule has 2 aliphatic heterocycles. The van der Waals surface area contributed by atoms with Crippen molar-refractivity contribution in [2.24, 2.45) is 0 Å². The molecule has 124 valence electrons. The molecular formula is C14H18N4O5. The molecule has 0 aliphatic carbocycles. The predicted molar refractivity (Wildman–Crippen MR) is 79.6 cm³/mol. The van der Waals surface area contributed by atoms with Crippen LogP contribution in [0.2, 0.25) is 0 Å². The Kier molecular flexibility index (Phi) is 3.04. The number of nitrogens with one attached hydrogen (secondary N) is 1. The van der Waals surface area contributed by atoms with Crippen LogP contribution in [0.15, 0.2) is 17.1 Å². The summed E-state index contributed by atoms with van der Waals surface area (Å²) in [5, 5.41) is 9.95. The molecule has 9 nitrogen and oxygen atoms in total. The van der Waals surface area contributed by atoms with Gasteiger partial charge in [-0.3, -0.25) is 9.78 Å². The van der Waals surface area contributed by atoms with Crippen LogP contribution in [0.4, 0.5) is 5.95 Å². The number of nitrogens with two attached hydrogens (primary N) is 1. The van der Waals surface area contributed by atoms with Gasteiger partial charge in [0.05, 0.1) is 12.0 Å². The number of nitrogen functional groups attached to an aromatic ring is 1. The van der Waals surface area contributed by atoms with Crippen molar-refractivity contribution in [2.75, 3.05) is 12.3 Å². The number of nitrogens with zero attached hydrogens (tertiary/aromatic N) is 2. The number of fused-ring (bicyclic) bond motifs is 2. The molecular weight excluding hydrogens is 304 g/mol. The summed E-state index contributed by atoms with van der Waals surface area (Å²) in [6.07, 6.45) is -0.187. The summed E-state index contributed by atoms with van der Waals surface area (Å²) in [7, 11) is 0. The summed E-state index contributed by atoms with van der Waals surface area (Å²) >= 11 is 0. The second kappa shape index (κ2) is 4.78. The zero-order valence-electron chi connectivity index (χ0n) is 12.7. The van der Waals surface area contributed by atoms with Crippen LogP contribution in [-0.2, 0) is 14.2 Å². The van der Waals surface area contributed by atoms with Gasteiger partial charge in [-0.05, 0) is 19.9 Å². The van der Waals surface area contributed by atoms with Gasteiger partial charge in [-0.15, -0.1) is 0 Å². The van der Waals surface area contributed by atoms with Gasteiger partial charge in [0.1, 0.15) is 18.3 Å². The highest BCUT2D eigenvalue weighted by Gasteiger charge is 2.55. The van der Waals surface area contributed by atoms with Gasteiger partial charge in [-0.1, -0.05) is 0 Å². The zero-order chi connectivity index (χ0) is 16.4. The second-order valence-electron chi connectivity index (χ2n) is 6.22. The number of ether oxygens (including phenoxy) is 3. The fourth-order valence-corrected chi connectivity index (χ4v) is 3.30. The normalized spacial score (nSPS) is 32.5. The van der Waals surface area contributed by atoms with E-state index >= 15 is 0 Å². The summed E-state index contributed by atoms with van der Waals surface area (Å²) in [5.41, 5.74) is 5.73. The summed E-state index contributed by atoms with van der Waals surface area (Å²) in [6, 6.07) is 1.65. The van der Waals surface area contributed by atoms with E-state index in [2.05, 4.69) is 9.97 Å². The third-order valence-corrected chi connectivity index (χ3v) is 4.18. The standard InChI is InChI=1S/C14H18N4O5/c1-14(2)22-8-7(5-19)21-12(9(8)23-14)18-4-3-6-10(18)16-13(15)17-11(6)20/h3-4,7-9,12,19H,5H2,1-2H3,(H3,15,16,17,20)/t7-,8-,9-,12-/m1/s1. The minimum absolute atomic E-state index is 0.0274. The first-order valence-electron chi connectivity index (χ1n) is 7.38. The summed E-state index contributed by atoms with van der Waals surface area (Å²) in [6.45, 7) is 3.43. The highest BCUT2D eigenvalue weighted by molar-refractivity contribution is 5.76. The minimum atomic E-state index is -0.766. The number of H-pyrrole nitrogens is 1. The number of anilines is 1. The molecule has 9 heteroatoms.